The van der Waals surface area contributed by atoms with E-state index in [1.54, 1.807) is 6.26 Å². The normalized spacial score (nSPS) is 11.4. The lowest BCUT2D eigenvalue weighted by molar-refractivity contribution is 0.581. The first-order chi connectivity index (χ1) is 11.1. The molecule has 3 aromatic rings. The summed E-state index contributed by atoms with van der Waals surface area (Å²) < 4.78 is 5.77. The fourth-order valence-electron chi connectivity index (χ4n) is 3.22. The van der Waals surface area contributed by atoms with Gasteiger partial charge in [0.2, 0.25) is 0 Å². The zero-order valence-electron chi connectivity index (χ0n) is 14.3. The third kappa shape index (κ3) is 2.96. The molecule has 0 amide bonds. The molecule has 23 heavy (non-hydrogen) atoms. The van der Waals surface area contributed by atoms with Crippen LogP contribution in [0.1, 0.15) is 50.7 Å². The maximum absolute atomic E-state index is 5.77. The molecule has 1 heteroatoms. The molecule has 0 unspecified atom stereocenters. The lowest BCUT2D eigenvalue weighted by Crippen LogP contribution is -1.98. The molecule has 3 rings (SSSR count). The van der Waals surface area contributed by atoms with Crippen molar-refractivity contribution in [3.8, 4) is 22.5 Å². The van der Waals surface area contributed by atoms with Gasteiger partial charge in [-0.25, -0.2) is 0 Å². The summed E-state index contributed by atoms with van der Waals surface area (Å²) in [7, 11) is 0. The Morgan fingerprint density at radius 2 is 1.30 bits per heavy atom. The Labute approximate surface area is 139 Å². The second kappa shape index (κ2) is 6.45. The van der Waals surface area contributed by atoms with Crippen LogP contribution < -0.4 is 0 Å². The maximum Gasteiger partial charge on any atom is 0.134 e. The second-order valence-electron chi connectivity index (χ2n) is 6.64. The van der Waals surface area contributed by atoms with Crippen LogP contribution in [-0.2, 0) is 0 Å². The Morgan fingerprint density at radius 1 is 0.652 bits per heavy atom. The largest absolute Gasteiger partial charge is 0.464 e. The van der Waals surface area contributed by atoms with Crippen LogP contribution in [0.5, 0.6) is 0 Å². The van der Waals surface area contributed by atoms with E-state index < -0.39 is 0 Å². The van der Waals surface area contributed by atoms with Gasteiger partial charge in [-0.2, -0.15) is 0 Å². The Hall–Kier alpha value is -2.28. The average Bonchev–Trinajstić information content (AvgIpc) is 3.08. The van der Waals surface area contributed by atoms with Crippen LogP contribution in [0.15, 0.2) is 65.3 Å². The molecule has 0 aliphatic carbocycles. The summed E-state index contributed by atoms with van der Waals surface area (Å²) in [6, 6.07) is 19.3. The molecule has 0 N–H and O–H groups in total. The zero-order valence-corrected chi connectivity index (χ0v) is 14.3. The summed E-state index contributed by atoms with van der Waals surface area (Å²) in [5.41, 5.74) is 6.49. The molecule has 0 atom stereocenters. The number of hydrogen-bond acceptors (Lipinski definition) is 1. The van der Waals surface area contributed by atoms with Crippen LogP contribution in [-0.4, -0.2) is 0 Å². The molecule has 0 spiro atoms. The predicted molar refractivity (Wildman–Crippen MR) is 97.8 cm³/mol. The zero-order chi connectivity index (χ0) is 16.4. The summed E-state index contributed by atoms with van der Waals surface area (Å²) in [6.07, 6.45) is 1.75. The van der Waals surface area contributed by atoms with Crippen LogP contribution >= 0.6 is 0 Å². The number of hydrogen-bond donors (Lipinski definition) is 0. The van der Waals surface area contributed by atoms with Gasteiger partial charge in [-0.15, -0.1) is 0 Å². The summed E-state index contributed by atoms with van der Waals surface area (Å²) in [5.74, 6) is 1.88. The highest BCUT2D eigenvalue weighted by Gasteiger charge is 2.18. The fourth-order valence-corrected chi connectivity index (χ4v) is 3.22. The van der Waals surface area contributed by atoms with E-state index in [1.165, 1.54) is 27.8 Å². The molecule has 0 saturated heterocycles. The van der Waals surface area contributed by atoms with Crippen molar-refractivity contribution in [2.24, 2.45) is 0 Å². The van der Waals surface area contributed by atoms with Crippen LogP contribution in [0.4, 0.5) is 0 Å². The molecule has 0 aliphatic rings. The lowest BCUT2D eigenvalue weighted by Gasteiger charge is -2.19. The smallest absolute Gasteiger partial charge is 0.134 e. The molecule has 1 aromatic heterocycles. The van der Waals surface area contributed by atoms with Gasteiger partial charge < -0.3 is 4.42 Å². The minimum absolute atomic E-state index is 0.446. The summed E-state index contributed by atoms with van der Waals surface area (Å²) in [4.78, 5) is 0. The molecule has 0 aliphatic heterocycles. The minimum Gasteiger partial charge on any atom is -0.464 e. The average molecular weight is 304 g/mol. The molecule has 0 radical (unpaired) electrons. The van der Waals surface area contributed by atoms with Crippen molar-refractivity contribution in [3.63, 3.8) is 0 Å². The van der Waals surface area contributed by atoms with Crippen LogP contribution in [0.25, 0.3) is 22.5 Å². The third-order valence-corrected chi connectivity index (χ3v) is 4.36. The first-order valence-electron chi connectivity index (χ1n) is 8.35. The SMILES string of the molecule is CC(C)c1ccccc1-c1cccc(C(C)C)c1-c1ccco1. The number of benzene rings is 2. The molecule has 1 heterocycles. The molecule has 1 nitrogen and oxygen atoms in total. The van der Waals surface area contributed by atoms with E-state index in [4.69, 9.17) is 4.42 Å². The first kappa shape index (κ1) is 15.6. The lowest BCUT2D eigenvalue weighted by atomic mass is 9.85. The van der Waals surface area contributed by atoms with Crippen LogP contribution in [0, 0.1) is 0 Å². The van der Waals surface area contributed by atoms with Gasteiger partial charge in [-0.3, -0.25) is 0 Å². The Bertz CT molecular complexity index is 779. The van der Waals surface area contributed by atoms with Gasteiger partial charge in [0.05, 0.1) is 6.26 Å². The number of rotatable bonds is 4. The molecule has 0 saturated carbocycles. The van der Waals surface area contributed by atoms with E-state index >= 15 is 0 Å². The van der Waals surface area contributed by atoms with Crippen LogP contribution in [0.3, 0.4) is 0 Å². The Morgan fingerprint density at radius 3 is 1.96 bits per heavy atom. The van der Waals surface area contributed by atoms with Crippen LogP contribution in [0.2, 0.25) is 0 Å². The van der Waals surface area contributed by atoms with Gasteiger partial charge in [-0.05, 0) is 46.2 Å². The molecule has 2 aromatic carbocycles. The molecular weight excluding hydrogens is 280 g/mol. The van der Waals surface area contributed by atoms with E-state index in [9.17, 15) is 0 Å². The van der Waals surface area contributed by atoms with E-state index in [-0.39, 0.29) is 0 Å². The molecule has 118 valence electrons. The standard InChI is InChI=1S/C22H24O/c1-15(2)17-9-5-6-10-19(17)20-12-7-11-18(16(3)4)22(20)21-13-8-14-23-21/h5-16H,1-4H3. The van der Waals surface area contributed by atoms with Crippen molar-refractivity contribution in [3.05, 3.63) is 72.0 Å². The van der Waals surface area contributed by atoms with Crippen molar-refractivity contribution >= 4 is 0 Å². The van der Waals surface area contributed by atoms with Gasteiger partial charge in [0.25, 0.3) is 0 Å². The highest BCUT2D eigenvalue weighted by atomic mass is 16.3. The summed E-state index contributed by atoms with van der Waals surface area (Å²) in [5, 5.41) is 0. The van der Waals surface area contributed by atoms with Gasteiger partial charge in [0, 0.05) is 5.56 Å². The topological polar surface area (TPSA) is 13.1 Å². The highest BCUT2D eigenvalue weighted by Crippen LogP contribution is 2.40. The van der Waals surface area contributed by atoms with Crippen molar-refractivity contribution in [1.82, 2.24) is 0 Å². The molecule has 0 fully saturated rings. The van der Waals surface area contributed by atoms with Gasteiger partial charge >= 0.3 is 0 Å². The maximum atomic E-state index is 5.77. The minimum atomic E-state index is 0.446. The second-order valence-corrected chi connectivity index (χ2v) is 6.64. The van der Waals surface area contributed by atoms with E-state index in [0.29, 0.717) is 11.8 Å². The Balaban J connectivity index is 2.31. The van der Waals surface area contributed by atoms with E-state index in [1.807, 2.05) is 6.07 Å². The van der Waals surface area contributed by atoms with E-state index in [2.05, 4.69) is 76.2 Å². The van der Waals surface area contributed by atoms with Crippen molar-refractivity contribution in [2.45, 2.75) is 39.5 Å². The monoisotopic (exact) mass is 304 g/mol. The van der Waals surface area contributed by atoms with Gasteiger partial charge in [0.15, 0.2) is 0 Å². The van der Waals surface area contributed by atoms with E-state index in [0.717, 1.165) is 5.76 Å². The van der Waals surface area contributed by atoms with Gasteiger partial charge in [-0.1, -0.05) is 70.2 Å². The van der Waals surface area contributed by atoms with Crippen molar-refractivity contribution in [2.75, 3.05) is 0 Å². The summed E-state index contributed by atoms with van der Waals surface area (Å²) in [6.45, 7) is 8.97. The fraction of sp³-hybridized carbons (Fsp3) is 0.273. The molecule has 0 bridgehead atoms. The highest BCUT2D eigenvalue weighted by molar-refractivity contribution is 5.85. The summed E-state index contributed by atoms with van der Waals surface area (Å²) >= 11 is 0. The van der Waals surface area contributed by atoms with Crippen molar-refractivity contribution < 1.29 is 4.42 Å². The molecular formula is C22H24O. The first-order valence-corrected chi connectivity index (χ1v) is 8.35. The number of furan rings is 1. The third-order valence-electron chi connectivity index (χ3n) is 4.36. The van der Waals surface area contributed by atoms with Crippen molar-refractivity contribution in [1.29, 1.82) is 0 Å². The van der Waals surface area contributed by atoms with Gasteiger partial charge in [0.1, 0.15) is 5.76 Å². The quantitative estimate of drug-likeness (QED) is 0.513. The Kier molecular flexibility index (Phi) is 4.38. The predicted octanol–water partition coefficient (Wildman–Crippen LogP) is 6.86.